The molecular formula is C26H22Cr2O11. The maximum Gasteiger partial charge on any atom is 0 e. The van der Waals surface area contributed by atoms with Crippen molar-refractivity contribution in [1.82, 2.24) is 0 Å². The van der Waals surface area contributed by atoms with Crippen LogP contribution in [0.3, 0.4) is 0 Å². The predicted molar refractivity (Wildman–Crippen MR) is 119 cm³/mol. The zero-order chi connectivity index (χ0) is 30.7. The van der Waals surface area contributed by atoms with Gasteiger partial charge in [-0.05, 0) is 43.0 Å². The summed E-state index contributed by atoms with van der Waals surface area (Å²) in [4.78, 5) is 21.2. The van der Waals surface area contributed by atoms with Crippen molar-refractivity contribution in [2.24, 2.45) is 0 Å². The van der Waals surface area contributed by atoms with Gasteiger partial charge in [0.25, 0.3) is 0 Å². The van der Waals surface area contributed by atoms with Crippen molar-refractivity contribution in [3.8, 4) is 5.75 Å². The molecule has 1 rings (SSSR count). The molecule has 0 N–H and O–H groups in total. The molecule has 11 nitrogen and oxygen atoms in total. The molecule has 0 atom stereocenters. The molecule has 1 aromatic carbocycles. The smallest absolute Gasteiger partial charge is 0 e. The number of rotatable bonds is 9. The third-order valence-electron chi connectivity index (χ3n) is 3.45. The average molecular weight is 614 g/mol. The standard InChI is InChI=1S/C20H22O5.6CO.2Cr/c1-15-11-16(7-5-9-18(13-21)23-2)20(25-4)17(12-15)8-6-10-19(14-22)24-3;6*1-2;;/h5-6,9-12H,7-8H2,1-4H3;;;;;;;;/b9-5+,10-6+;;;;;;;;. The van der Waals surface area contributed by atoms with Crippen LogP contribution in [0.5, 0.6) is 5.75 Å². The van der Waals surface area contributed by atoms with Gasteiger partial charge in [0.1, 0.15) is 5.75 Å². The van der Waals surface area contributed by atoms with Crippen LogP contribution in [0.4, 0.5) is 0 Å². The van der Waals surface area contributed by atoms with Gasteiger partial charge >= 0.3 is 67.8 Å². The molecule has 0 aliphatic carbocycles. The molecular weight excluding hydrogens is 592 g/mol. The number of ether oxygens (including phenoxy) is 3. The monoisotopic (exact) mass is 614 g/mol. The number of methoxy groups -OCH3 is 3. The van der Waals surface area contributed by atoms with Crippen LogP contribution in [-0.2, 0) is 94.5 Å². The molecule has 0 amide bonds. The van der Waals surface area contributed by atoms with Crippen LogP contribution in [0, 0.1) is 46.8 Å². The zero-order valence-electron chi connectivity index (χ0n) is 21.2. The maximum atomic E-state index is 10.6. The van der Waals surface area contributed by atoms with E-state index >= 15 is 0 Å². The molecule has 0 heterocycles. The molecule has 1 aromatic rings. The summed E-state index contributed by atoms with van der Waals surface area (Å²) >= 11 is 0. The number of benzene rings is 1. The topological polar surface area (TPSA) is 181 Å². The first-order valence-electron chi connectivity index (χ1n) is 8.89. The summed E-state index contributed by atoms with van der Waals surface area (Å²) in [6.45, 7) is 29.0. The first-order chi connectivity index (χ1) is 18.1. The average Bonchev–Trinajstić information content (AvgIpc) is 2.99. The van der Waals surface area contributed by atoms with E-state index in [1.807, 2.05) is 31.2 Å². The summed E-state index contributed by atoms with van der Waals surface area (Å²) in [7, 11) is 4.46. The Kier molecular flexibility index (Phi) is 73.4. The Labute approximate surface area is 249 Å². The Morgan fingerprint density at radius 1 is 0.692 bits per heavy atom. The molecule has 0 aliphatic rings. The van der Waals surface area contributed by atoms with Gasteiger partial charge in [0, 0.05) is 34.7 Å². The van der Waals surface area contributed by atoms with Gasteiger partial charge in [-0.1, -0.05) is 29.8 Å². The maximum absolute atomic E-state index is 10.6. The fraction of sp³-hybridized carbons (Fsp3) is 0.231. The number of hydrogen-bond donors (Lipinski definition) is 0. The van der Waals surface area contributed by atoms with E-state index in [9.17, 15) is 9.59 Å². The van der Waals surface area contributed by atoms with Crippen LogP contribution in [0.15, 0.2) is 48.0 Å². The third-order valence-corrected chi connectivity index (χ3v) is 3.45. The van der Waals surface area contributed by atoms with Crippen molar-refractivity contribution in [3.63, 3.8) is 0 Å². The molecule has 0 saturated carbocycles. The van der Waals surface area contributed by atoms with E-state index in [1.165, 1.54) is 14.2 Å². The second-order valence-electron chi connectivity index (χ2n) is 5.17. The van der Waals surface area contributed by atoms with Gasteiger partial charge in [-0.25, -0.2) is 9.59 Å². The predicted octanol–water partition coefficient (Wildman–Crippen LogP) is 2.69. The second kappa shape index (κ2) is 51.2. The van der Waals surface area contributed by atoms with E-state index in [2.05, 4.69) is 39.9 Å². The molecule has 0 radical (unpaired) electrons. The van der Waals surface area contributed by atoms with Gasteiger partial charge in [0.2, 0.25) is 11.5 Å². The van der Waals surface area contributed by atoms with Crippen molar-refractivity contribution >= 4 is 11.9 Å². The minimum Gasteiger partial charge on any atom is 0 e. The SMILES string of the molecule is COC(=C=O)/C=C/Cc1cc(C)cc(C/C=C/C(=C=O)OC)c1OC.[C-]#[O+].[C-]#[O+].[C-]#[O+].[C-]#[O+].[C-]#[O+].[C-]#[O+].[Cr].[Cr]. The van der Waals surface area contributed by atoms with E-state index in [-0.39, 0.29) is 46.2 Å². The third kappa shape index (κ3) is 30.6. The molecule has 0 unspecified atom stereocenters. The Bertz CT molecular complexity index is 912. The summed E-state index contributed by atoms with van der Waals surface area (Å²) in [5, 5.41) is 0. The van der Waals surface area contributed by atoms with Crippen LogP contribution < -0.4 is 4.74 Å². The molecule has 0 bridgehead atoms. The minimum absolute atomic E-state index is 0. The summed E-state index contributed by atoms with van der Waals surface area (Å²) in [5.41, 5.74) is 3.06. The van der Waals surface area contributed by atoms with Crippen molar-refractivity contribution in [2.45, 2.75) is 19.8 Å². The van der Waals surface area contributed by atoms with Gasteiger partial charge in [-0.15, -0.1) is 0 Å². The van der Waals surface area contributed by atoms with Crippen molar-refractivity contribution in [3.05, 3.63) is 105 Å². The second-order valence-corrected chi connectivity index (χ2v) is 5.17. The fourth-order valence-corrected chi connectivity index (χ4v) is 2.37. The number of carbonyl (C=O) groups excluding carboxylic acids is 2. The van der Waals surface area contributed by atoms with Gasteiger partial charge in [0.05, 0.1) is 21.3 Å². The summed E-state index contributed by atoms with van der Waals surface area (Å²) in [6, 6.07) is 4.05. The molecule has 0 aromatic heterocycles. The van der Waals surface area contributed by atoms with Crippen molar-refractivity contribution in [2.75, 3.05) is 21.3 Å². The van der Waals surface area contributed by atoms with E-state index in [0.717, 1.165) is 22.4 Å². The zero-order valence-corrected chi connectivity index (χ0v) is 23.7. The van der Waals surface area contributed by atoms with Crippen LogP contribution in [0.1, 0.15) is 16.7 Å². The molecule has 0 aliphatic heterocycles. The van der Waals surface area contributed by atoms with Gasteiger partial charge in [-0.2, -0.15) is 0 Å². The summed E-state index contributed by atoms with van der Waals surface area (Å²) < 4.78 is 60.3. The Balaban J connectivity index is -0.000000101. The van der Waals surface area contributed by atoms with E-state index in [1.54, 1.807) is 31.1 Å². The summed E-state index contributed by atoms with van der Waals surface area (Å²) in [6.07, 6.45) is 7.95. The molecule has 39 heavy (non-hydrogen) atoms. The summed E-state index contributed by atoms with van der Waals surface area (Å²) in [5.74, 6) is 4.47. The normalized spacial score (nSPS) is 6.97. The van der Waals surface area contributed by atoms with E-state index < -0.39 is 0 Å². The Hall–Kier alpha value is -3.50. The molecule has 0 saturated heterocycles. The first kappa shape index (κ1) is 55.9. The molecule has 13 heteroatoms. The van der Waals surface area contributed by atoms with Gasteiger partial charge in [-0.3, -0.25) is 0 Å². The quantitative estimate of drug-likeness (QED) is 0.136. The van der Waals surface area contributed by atoms with Crippen LogP contribution in [0.2, 0.25) is 0 Å². The van der Waals surface area contributed by atoms with Crippen LogP contribution >= 0.6 is 0 Å². The van der Waals surface area contributed by atoms with Gasteiger partial charge in [0.15, 0.2) is 11.9 Å². The fourth-order valence-electron chi connectivity index (χ4n) is 2.37. The Morgan fingerprint density at radius 3 is 1.18 bits per heavy atom. The number of hydrogen-bond acceptors (Lipinski definition) is 5. The van der Waals surface area contributed by atoms with Gasteiger partial charge < -0.3 is 14.2 Å². The largest absolute Gasteiger partial charge is 0 e. The van der Waals surface area contributed by atoms with E-state index in [4.69, 9.17) is 42.1 Å². The first-order valence-corrected chi connectivity index (χ1v) is 8.89. The van der Waals surface area contributed by atoms with E-state index in [0.29, 0.717) is 12.8 Å². The number of aryl methyl sites for hydroxylation is 1. The van der Waals surface area contributed by atoms with Crippen molar-refractivity contribution < 1.29 is 86.4 Å². The van der Waals surface area contributed by atoms with Crippen LogP contribution in [0.25, 0.3) is 0 Å². The molecule has 204 valence electrons. The molecule has 0 spiro atoms. The van der Waals surface area contributed by atoms with Crippen LogP contribution in [-0.4, -0.2) is 33.2 Å². The Morgan fingerprint density at radius 2 is 0.974 bits per heavy atom. The molecule has 0 fully saturated rings. The van der Waals surface area contributed by atoms with Crippen molar-refractivity contribution in [1.29, 1.82) is 0 Å². The number of allylic oxidation sites excluding steroid dienone is 4. The minimum atomic E-state index is 0.